The van der Waals surface area contributed by atoms with Gasteiger partial charge in [-0.3, -0.25) is 4.79 Å². The van der Waals surface area contributed by atoms with E-state index in [2.05, 4.69) is 13.0 Å². The van der Waals surface area contributed by atoms with Gasteiger partial charge in [-0.25, -0.2) is 0 Å². The molecule has 1 aliphatic carbocycles. The van der Waals surface area contributed by atoms with E-state index in [1.807, 2.05) is 18.7 Å². The Kier molecular flexibility index (Phi) is 5.82. The zero-order valence-electron chi connectivity index (χ0n) is 13.7. The maximum Gasteiger partial charge on any atom is 0.227 e. The van der Waals surface area contributed by atoms with E-state index in [-0.39, 0.29) is 17.6 Å². The summed E-state index contributed by atoms with van der Waals surface area (Å²) in [6.45, 7) is 8.31. The molecule has 1 amide bonds. The summed E-state index contributed by atoms with van der Waals surface area (Å²) in [5.74, 6) is 0.287. The number of carbonyl (C=O) groups excluding carboxylic acids is 1. The minimum Gasteiger partial charge on any atom is -0.353 e. The number of nitrogens with zero attached hydrogens (tertiary/aromatic N) is 1. The summed E-state index contributed by atoms with van der Waals surface area (Å²) in [6.07, 6.45) is 8.04. The van der Waals surface area contributed by atoms with E-state index >= 15 is 0 Å². The summed E-state index contributed by atoms with van der Waals surface area (Å²) in [7, 11) is 0. The molecule has 1 unspecified atom stereocenters. The van der Waals surface area contributed by atoms with E-state index < -0.39 is 0 Å². The predicted octanol–water partition coefficient (Wildman–Crippen LogP) is 3.47. The molecular formula is C17H29NO3. The van der Waals surface area contributed by atoms with Gasteiger partial charge in [0.15, 0.2) is 6.29 Å². The first-order valence-electron chi connectivity index (χ1n) is 8.35. The quantitative estimate of drug-likeness (QED) is 0.644. The molecule has 0 radical (unpaired) electrons. The third-order valence-corrected chi connectivity index (χ3v) is 4.55. The highest BCUT2D eigenvalue weighted by Gasteiger charge is 2.44. The standard InChI is InChI=1S/C17H29NO3/c1-4-20-16(21-5-2)10-8-12-18-14-9-6-7-11-17(14,3)13-15(18)19/h9,16H,4-8,10-13H2,1-3H3. The van der Waals surface area contributed by atoms with Gasteiger partial charge in [0.25, 0.3) is 0 Å². The molecule has 0 spiro atoms. The van der Waals surface area contributed by atoms with Gasteiger partial charge < -0.3 is 14.4 Å². The Hall–Kier alpha value is -0.870. The highest BCUT2D eigenvalue weighted by Crippen LogP contribution is 2.47. The van der Waals surface area contributed by atoms with Gasteiger partial charge in [-0.1, -0.05) is 13.0 Å². The van der Waals surface area contributed by atoms with Crippen molar-refractivity contribution in [2.45, 2.75) is 65.6 Å². The zero-order chi connectivity index (χ0) is 15.3. The minimum absolute atomic E-state index is 0.0918. The van der Waals surface area contributed by atoms with Crippen LogP contribution in [-0.2, 0) is 14.3 Å². The van der Waals surface area contributed by atoms with Crippen molar-refractivity contribution in [3.63, 3.8) is 0 Å². The van der Waals surface area contributed by atoms with Crippen LogP contribution in [0.3, 0.4) is 0 Å². The zero-order valence-corrected chi connectivity index (χ0v) is 13.7. The lowest BCUT2D eigenvalue weighted by molar-refractivity contribution is -0.141. The SMILES string of the molecule is CCOC(CCCN1C(=O)CC2(C)CCCC=C12)OCC. The summed E-state index contributed by atoms with van der Waals surface area (Å²) >= 11 is 0. The van der Waals surface area contributed by atoms with Gasteiger partial charge in [-0.15, -0.1) is 0 Å². The fourth-order valence-corrected chi connectivity index (χ4v) is 3.53. The normalized spacial score (nSPS) is 25.4. The van der Waals surface area contributed by atoms with Gasteiger partial charge in [0.05, 0.1) is 0 Å². The van der Waals surface area contributed by atoms with E-state index in [0.29, 0.717) is 19.6 Å². The van der Waals surface area contributed by atoms with Crippen LogP contribution < -0.4 is 0 Å². The summed E-state index contributed by atoms with van der Waals surface area (Å²) in [6, 6.07) is 0. The van der Waals surface area contributed by atoms with Crippen LogP contribution in [0.25, 0.3) is 0 Å². The first-order valence-corrected chi connectivity index (χ1v) is 8.35. The number of allylic oxidation sites excluding steroid dienone is 2. The lowest BCUT2D eigenvalue weighted by atomic mass is 9.77. The van der Waals surface area contributed by atoms with Crippen LogP contribution in [0.1, 0.15) is 59.3 Å². The van der Waals surface area contributed by atoms with Crippen LogP contribution in [0.4, 0.5) is 0 Å². The molecule has 0 bridgehead atoms. The summed E-state index contributed by atoms with van der Waals surface area (Å²) in [5, 5.41) is 0. The van der Waals surface area contributed by atoms with Gasteiger partial charge in [-0.2, -0.15) is 0 Å². The minimum atomic E-state index is -0.135. The second-order valence-electron chi connectivity index (χ2n) is 6.25. The predicted molar refractivity (Wildman–Crippen MR) is 82.6 cm³/mol. The molecule has 1 heterocycles. The van der Waals surface area contributed by atoms with Crippen LogP contribution in [-0.4, -0.2) is 36.9 Å². The molecular weight excluding hydrogens is 266 g/mol. The molecule has 2 aliphatic rings. The molecule has 2 rings (SSSR count). The van der Waals surface area contributed by atoms with E-state index in [0.717, 1.165) is 32.2 Å². The molecule has 120 valence electrons. The Bertz CT molecular complexity index is 387. The van der Waals surface area contributed by atoms with E-state index in [1.54, 1.807) is 0 Å². The highest BCUT2D eigenvalue weighted by atomic mass is 16.7. The fraction of sp³-hybridized carbons (Fsp3) is 0.824. The largest absolute Gasteiger partial charge is 0.353 e. The molecule has 21 heavy (non-hydrogen) atoms. The van der Waals surface area contributed by atoms with Crippen LogP contribution in [0.5, 0.6) is 0 Å². The Morgan fingerprint density at radius 1 is 1.33 bits per heavy atom. The second-order valence-corrected chi connectivity index (χ2v) is 6.25. The number of carbonyl (C=O) groups is 1. The number of hydrogen-bond donors (Lipinski definition) is 0. The fourth-order valence-electron chi connectivity index (χ4n) is 3.53. The van der Waals surface area contributed by atoms with Crippen molar-refractivity contribution in [3.8, 4) is 0 Å². The van der Waals surface area contributed by atoms with Crippen LogP contribution in [0.15, 0.2) is 11.8 Å². The molecule has 0 aromatic carbocycles. The average molecular weight is 295 g/mol. The smallest absolute Gasteiger partial charge is 0.227 e. The number of hydrogen-bond acceptors (Lipinski definition) is 3. The third kappa shape index (κ3) is 3.86. The van der Waals surface area contributed by atoms with Gasteiger partial charge in [0, 0.05) is 43.7 Å². The van der Waals surface area contributed by atoms with Gasteiger partial charge in [-0.05, 0) is 39.5 Å². The number of likely N-dealkylation sites (tertiary alicyclic amines) is 1. The first kappa shape index (κ1) is 16.5. The van der Waals surface area contributed by atoms with E-state index in [1.165, 1.54) is 12.1 Å². The lowest BCUT2D eigenvalue weighted by Crippen LogP contribution is -2.28. The van der Waals surface area contributed by atoms with E-state index in [9.17, 15) is 4.79 Å². The molecule has 1 saturated heterocycles. The topological polar surface area (TPSA) is 38.8 Å². The summed E-state index contributed by atoms with van der Waals surface area (Å²) < 4.78 is 11.1. The van der Waals surface area contributed by atoms with Crippen molar-refractivity contribution in [1.82, 2.24) is 4.90 Å². The molecule has 0 aromatic rings. The first-order chi connectivity index (χ1) is 10.1. The number of fused-ring (bicyclic) bond motifs is 1. The number of rotatable bonds is 8. The Labute approximate surface area is 128 Å². The van der Waals surface area contributed by atoms with Crippen LogP contribution in [0, 0.1) is 5.41 Å². The average Bonchev–Trinajstić information content (AvgIpc) is 2.70. The molecule has 1 atom stereocenters. The number of ether oxygens (including phenoxy) is 2. The van der Waals surface area contributed by atoms with Crippen molar-refractivity contribution in [3.05, 3.63) is 11.8 Å². The maximum absolute atomic E-state index is 12.3. The van der Waals surface area contributed by atoms with Gasteiger partial charge in [0.1, 0.15) is 0 Å². The van der Waals surface area contributed by atoms with Crippen molar-refractivity contribution < 1.29 is 14.3 Å². The second kappa shape index (κ2) is 7.41. The molecule has 0 aromatic heterocycles. The van der Waals surface area contributed by atoms with Crippen LogP contribution in [0.2, 0.25) is 0 Å². The van der Waals surface area contributed by atoms with Crippen molar-refractivity contribution in [1.29, 1.82) is 0 Å². The summed E-state index contributed by atoms with van der Waals surface area (Å²) in [4.78, 5) is 14.3. The Morgan fingerprint density at radius 2 is 2.05 bits per heavy atom. The van der Waals surface area contributed by atoms with E-state index in [4.69, 9.17) is 9.47 Å². The third-order valence-electron chi connectivity index (χ3n) is 4.55. The maximum atomic E-state index is 12.3. The molecule has 1 fully saturated rings. The molecule has 4 heteroatoms. The van der Waals surface area contributed by atoms with Crippen LogP contribution >= 0.6 is 0 Å². The molecule has 0 saturated carbocycles. The van der Waals surface area contributed by atoms with Crippen molar-refractivity contribution in [2.75, 3.05) is 19.8 Å². The molecule has 1 aliphatic heterocycles. The highest BCUT2D eigenvalue weighted by molar-refractivity contribution is 5.83. The Balaban J connectivity index is 1.87. The van der Waals surface area contributed by atoms with Crippen molar-refractivity contribution in [2.24, 2.45) is 5.41 Å². The van der Waals surface area contributed by atoms with Crippen molar-refractivity contribution >= 4 is 5.91 Å². The van der Waals surface area contributed by atoms with Gasteiger partial charge >= 0.3 is 0 Å². The summed E-state index contributed by atoms with van der Waals surface area (Å²) in [5.41, 5.74) is 1.36. The molecule has 4 nitrogen and oxygen atoms in total. The lowest BCUT2D eigenvalue weighted by Gasteiger charge is -2.31. The molecule has 0 N–H and O–H groups in total. The van der Waals surface area contributed by atoms with Gasteiger partial charge in [0.2, 0.25) is 5.91 Å². The number of amides is 1. The monoisotopic (exact) mass is 295 g/mol. The Morgan fingerprint density at radius 3 is 2.71 bits per heavy atom.